The molecule has 0 aliphatic heterocycles. The summed E-state index contributed by atoms with van der Waals surface area (Å²) >= 11 is 0. The molecule has 1 aromatic heterocycles. The first kappa shape index (κ1) is 12.4. The molecular weight excluding hydrogens is 214 g/mol. The van der Waals surface area contributed by atoms with Crippen LogP contribution in [0.25, 0.3) is 0 Å². The van der Waals surface area contributed by atoms with Crippen molar-refractivity contribution in [1.82, 2.24) is 15.0 Å². The predicted octanol–water partition coefficient (Wildman–Crippen LogP) is 0.998. The average molecular weight is 229 g/mol. The molecule has 0 unspecified atom stereocenters. The maximum atomic E-state index is 5.05. The number of hydrogen-bond donors (Lipinski definition) is 0. The Kier molecular flexibility index (Phi) is 3.83. The van der Waals surface area contributed by atoms with E-state index in [1.165, 1.54) is 14.2 Å². The zero-order valence-corrected chi connectivity index (χ0v) is 9.97. The molecule has 1 rings (SSSR count). The van der Waals surface area contributed by atoms with Crippen molar-refractivity contribution in [3.05, 3.63) is 0 Å². The van der Waals surface area contributed by atoms with Gasteiger partial charge in [-0.15, -0.1) is 15.0 Å². The minimum Gasteiger partial charge on any atom is -0.467 e. The summed E-state index contributed by atoms with van der Waals surface area (Å²) in [6.07, 6.45) is 0. The average Bonchev–Trinajstić information content (AvgIpc) is 2.25. The Bertz CT molecular complexity index is 329. The van der Waals surface area contributed by atoms with Crippen LogP contribution in [0.5, 0.6) is 18.0 Å². The normalized spacial score (nSPS) is 11.1. The number of hydrogen-bond acceptors (Lipinski definition) is 7. The molecule has 7 nitrogen and oxygen atoms in total. The Labute approximate surface area is 93.7 Å². The highest BCUT2D eigenvalue weighted by molar-refractivity contribution is 5.08. The van der Waals surface area contributed by atoms with E-state index in [9.17, 15) is 0 Å². The second kappa shape index (κ2) is 4.93. The number of ether oxygens (including phenoxy) is 2. The fourth-order valence-corrected chi connectivity index (χ4v) is 0.703. The van der Waals surface area contributed by atoms with Gasteiger partial charge < -0.3 is 9.47 Å². The van der Waals surface area contributed by atoms with Crippen molar-refractivity contribution < 1.29 is 19.2 Å². The van der Waals surface area contributed by atoms with Crippen LogP contribution in [-0.2, 0) is 4.89 Å². The molecule has 0 saturated carbocycles. The first-order chi connectivity index (χ1) is 7.44. The lowest BCUT2D eigenvalue weighted by Crippen LogP contribution is -2.22. The van der Waals surface area contributed by atoms with Gasteiger partial charge in [0.25, 0.3) is 0 Å². The Morgan fingerprint density at radius 1 is 0.812 bits per heavy atom. The molecule has 0 bridgehead atoms. The van der Waals surface area contributed by atoms with Gasteiger partial charge in [-0.3, -0.25) is 4.89 Å². The van der Waals surface area contributed by atoms with E-state index in [0.29, 0.717) is 0 Å². The van der Waals surface area contributed by atoms with Gasteiger partial charge in [-0.05, 0) is 20.8 Å². The van der Waals surface area contributed by atoms with Crippen LogP contribution in [0.2, 0.25) is 0 Å². The smallest absolute Gasteiger partial charge is 0.362 e. The van der Waals surface area contributed by atoms with Crippen molar-refractivity contribution in [3.8, 4) is 18.0 Å². The van der Waals surface area contributed by atoms with Crippen molar-refractivity contribution in [2.75, 3.05) is 14.2 Å². The topological polar surface area (TPSA) is 75.6 Å². The summed E-state index contributed by atoms with van der Waals surface area (Å²) in [5.41, 5.74) is -0.465. The molecule has 0 aliphatic rings. The largest absolute Gasteiger partial charge is 0.467 e. The summed E-state index contributed by atoms with van der Waals surface area (Å²) in [6.45, 7) is 5.51. The van der Waals surface area contributed by atoms with Crippen molar-refractivity contribution in [3.63, 3.8) is 0 Å². The van der Waals surface area contributed by atoms with E-state index in [1.807, 2.05) is 20.8 Å². The zero-order valence-electron chi connectivity index (χ0n) is 9.97. The summed E-state index contributed by atoms with van der Waals surface area (Å²) < 4.78 is 9.70. The van der Waals surface area contributed by atoms with Crippen LogP contribution >= 0.6 is 0 Å². The van der Waals surface area contributed by atoms with E-state index in [1.54, 1.807) is 0 Å². The molecule has 0 fully saturated rings. The maximum Gasteiger partial charge on any atom is 0.362 e. The number of methoxy groups -OCH3 is 2. The third kappa shape index (κ3) is 3.85. The van der Waals surface area contributed by atoms with Crippen molar-refractivity contribution in [2.24, 2.45) is 0 Å². The van der Waals surface area contributed by atoms with Crippen molar-refractivity contribution in [2.45, 2.75) is 26.4 Å². The summed E-state index contributed by atoms with van der Waals surface area (Å²) in [6, 6.07) is 0.178. The minimum absolute atomic E-state index is 0.0152. The second-order valence-corrected chi connectivity index (χ2v) is 3.87. The second-order valence-electron chi connectivity index (χ2n) is 3.87. The van der Waals surface area contributed by atoms with E-state index in [4.69, 9.17) is 19.2 Å². The van der Waals surface area contributed by atoms with Crippen LogP contribution in [-0.4, -0.2) is 34.8 Å². The van der Waals surface area contributed by atoms with E-state index in [0.717, 1.165) is 0 Å². The molecule has 0 N–H and O–H groups in total. The van der Waals surface area contributed by atoms with Crippen LogP contribution in [0.15, 0.2) is 0 Å². The fraction of sp³-hybridized carbons (Fsp3) is 0.667. The van der Waals surface area contributed by atoms with E-state index < -0.39 is 5.60 Å². The molecule has 1 heterocycles. The van der Waals surface area contributed by atoms with Gasteiger partial charge in [0.05, 0.1) is 14.2 Å². The number of nitrogens with zero attached hydrogens (tertiary/aromatic N) is 3. The summed E-state index contributed by atoms with van der Waals surface area (Å²) in [5.74, 6) is 0. The van der Waals surface area contributed by atoms with E-state index in [2.05, 4.69) is 15.0 Å². The van der Waals surface area contributed by atoms with Gasteiger partial charge in [-0.2, -0.15) is 4.89 Å². The highest BCUT2D eigenvalue weighted by Crippen LogP contribution is 2.16. The van der Waals surface area contributed by atoms with Crippen LogP contribution < -0.4 is 14.4 Å². The molecule has 0 aliphatic carbocycles. The van der Waals surface area contributed by atoms with Crippen LogP contribution in [0.1, 0.15) is 20.8 Å². The third-order valence-corrected chi connectivity index (χ3v) is 1.31. The maximum absolute atomic E-state index is 5.05. The molecule has 0 spiro atoms. The fourth-order valence-electron chi connectivity index (χ4n) is 0.703. The highest BCUT2D eigenvalue weighted by atomic mass is 17.2. The molecule has 90 valence electrons. The molecule has 0 amide bonds. The van der Waals surface area contributed by atoms with Crippen LogP contribution in [0.4, 0.5) is 0 Å². The Balaban J connectivity index is 2.79. The summed E-state index contributed by atoms with van der Waals surface area (Å²) in [5, 5.41) is 0. The lowest BCUT2D eigenvalue weighted by Gasteiger charge is -2.16. The van der Waals surface area contributed by atoms with Gasteiger partial charge in [0, 0.05) is 0 Å². The monoisotopic (exact) mass is 229 g/mol. The van der Waals surface area contributed by atoms with Gasteiger partial charge in [-0.25, -0.2) is 0 Å². The lowest BCUT2D eigenvalue weighted by molar-refractivity contribution is -0.279. The lowest BCUT2D eigenvalue weighted by atomic mass is 10.2. The molecule has 0 radical (unpaired) electrons. The molecule has 16 heavy (non-hydrogen) atoms. The molecule has 0 atom stereocenters. The third-order valence-electron chi connectivity index (χ3n) is 1.31. The van der Waals surface area contributed by atoms with E-state index in [-0.39, 0.29) is 18.0 Å². The SMILES string of the molecule is COc1nc(OC)nc(OOC(C)(C)C)n1. The molecule has 7 heteroatoms. The number of rotatable bonds is 4. The van der Waals surface area contributed by atoms with Crippen LogP contribution in [0.3, 0.4) is 0 Å². The molecule has 0 saturated heterocycles. The Morgan fingerprint density at radius 2 is 1.25 bits per heavy atom. The Morgan fingerprint density at radius 3 is 1.62 bits per heavy atom. The van der Waals surface area contributed by atoms with Crippen molar-refractivity contribution in [1.29, 1.82) is 0 Å². The minimum atomic E-state index is -0.465. The highest BCUT2D eigenvalue weighted by Gasteiger charge is 2.15. The molecular formula is C9H15N3O4. The standard InChI is InChI=1S/C9H15N3O4/c1-9(2,3)16-15-8-11-6(13-4)10-7(12-8)14-5/h1-5H3. The first-order valence-corrected chi connectivity index (χ1v) is 4.64. The van der Waals surface area contributed by atoms with Crippen LogP contribution in [0, 0.1) is 0 Å². The first-order valence-electron chi connectivity index (χ1n) is 4.64. The molecule has 0 aromatic carbocycles. The zero-order chi connectivity index (χ0) is 12.2. The van der Waals surface area contributed by atoms with Gasteiger partial charge in [0.2, 0.25) is 0 Å². The quantitative estimate of drug-likeness (QED) is 0.563. The van der Waals surface area contributed by atoms with Crippen molar-refractivity contribution >= 4 is 0 Å². The summed E-state index contributed by atoms with van der Waals surface area (Å²) in [7, 11) is 2.87. The predicted molar refractivity (Wildman–Crippen MR) is 54.4 cm³/mol. The van der Waals surface area contributed by atoms with E-state index >= 15 is 0 Å². The summed E-state index contributed by atoms with van der Waals surface area (Å²) in [4.78, 5) is 21.5. The molecule has 1 aromatic rings. The number of aromatic nitrogens is 3. The van der Waals surface area contributed by atoms with Gasteiger partial charge in [-0.1, -0.05) is 0 Å². The van der Waals surface area contributed by atoms with Gasteiger partial charge in [0.1, 0.15) is 5.60 Å². The Hall–Kier alpha value is -1.63. The van der Waals surface area contributed by atoms with Gasteiger partial charge >= 0.3 is 18.0 Å². The van der Waals surface area contributed by atoms with Gasteiger partial charge in [0.15, 0.2) is 0 Å².